The molecule has 0 amide bonds. The van der Waals surface area contributed by atoms with Crippen molar-refractivity contribution in [3.63, 3.8) is 0 Å². The summed E-state index contributed by atoms with van der Waals surface area (Å²) in [6, 6.07) is 6.54. The van der Waals surface area contributed by atoms with Gasteiger partial charge in [-0.15, -0.1) is 0 Å². The zero-order valence-corrected chi connectivity index (χ0v) is 27.0. The summed E-state index contributed by atoms with van der Waals surface area (Å²) in [6.45, 7) is 2.69. The lowest BCUT2D eigenvalue weighted by atomic mass is 10.1. The van der Waals surface area contributed by atoms with E-state index in [0.29, 0.717) is 74.3 Å². The van der Waals surface area contributed by atoms with Crippen LogP contribution in [0.15, 0.2) is 58.5 Å². The lowest BCUT2D eigenvalue weighted by Crippen LogP contribution is -2.44. The molecule has 20 heteroatoms. The third-order valence-corrected chi connectivity index (χ3v) is 8.84. The summed E-state index contributed by atoms with van der Waals surface area (Å²) < 4.78 is 66.4. The summed E-state index contributed by atoms with van der Waals surface area (Å²) in [5.41, 5.74) is -2.86. The fraction of sp³-hybridized carbons (Fsp3) is 0.333. The van der Waals surface area contributed by atoms with Crippen molar-refractivity contribution in [2.75, 3.05) is 62.3 Å². The maximum absolute atomic E-state index is 14.6. The molecule has 2 fully saturated rings. The topological polar surface area (TPSA) is 190 Å². The summed E-state index contributed by atoms with van der Waals surface area (Å²) in [5.74, 6) is 0.488. The van der Waals surface area contributed by atoms with E-state index < -0.39 is 37.5 Å². The number of nitrogens with one attached hydrogen (secondary N) is 1. The van der Waals surface area contributed by atoms with E-state index in [2.05, 4.69) is 29.8 Å². The molecule has 16 nitrogen and oxygen atoms in total. The molecule has 2 aliphatic heterocycles. The molecule has 2 aliphatic rings. The number of phosphoric acid groups is 1. The van der Waals surface area contributed by atoms with Crippen LogP contribution >= 0.6 is 7.82 Å². The molecule has 0 aliphatic carbocycles. The summed E-state index contributed by atoms with van der Waals surface area (Å²) in [6.07, 6.45) is -0.621. The molecule has 0 spiro atoms. The van der Waals surface area contributed by atoms with E-state index in [1.807, 2.05) is 4.90 Å². The molecule has 2 saturated heterocycles. The van der Waals surface area contributed by atoms with Crippen molar-refractivity contribution >= 4 is 41.4 Å². The third-order valence-electron chi connectivity index (χ3n) is 8.39. The van der Waals surface area contributed by atoms with Crippen molar-refractivity contribution in [1.29, 1.82) is 0 Å². The first-order valence-electron chi connectivity index (χ1n) is 15.4. The minimum atomic E-state index is -5.18. The lowest BCUT2D eigenvalue weighted by molar-refractivity contribution is -0.137. The van der Waals surface area contributed by atoms with E-state index in [1.165, 1.54) is 12.1 Å². The molecule has 0 atom stereocenters. The molecule has 1 aromatic carbocycles. The van der Waals surface area contributed by atoms with Gasteiger partial charge in [-0.2, -0.15) is 13.2 Å². The Kier molecular flexibility index (Phi) is 8.87. The first kappa shape index (κ1) is 33.7. The van der Waals surface area contributed by atoms with Gasteiger partial charge in [-0.05, 0) is 30.3 Å². The van der Waals surface area contributed by atoms with Gasteiger partial charge in [0.05, 0.1) is 46.6 Å². The van der Waals surface area contributed by atoms with Gasteiger partial charge in [0.25, 0.3) is 5.56 Å². The van der Waals surface area contributed by atoms with Crippen LogP contribution in [-0.2, 0) is 26.7 Å². The van der Waals surface area contributed by atoms with Crippen molar-refractivity contribution in [3.05, 3.63) is 75.3 Å². The Morgan fingerprint density at radius 1 is 0.940 bits per heavy atom. The SMILES string of the molecule is O=c1c2cnc3ccc(-c4cnc(N5CCOCC5)nc4)nc3c2n(-c2ccc(N3CCNCC3)c(C(F)(F)F)c2)c(=O)n1COP(=O)(O)O. The summed E-state index contributed by atoms with van der Waals surface area (Å²) >= 11 is 0. The van der Waals surface area contributed by atoms with Crippen LogP contribution in [-0.4, -0.2) is 91.3 Å². The number of rotatable bonds is 7. The number of benzene rings is 1. The third kappa shape index (κ3) is 6.58. The highest BCUT2D eigenvalue weighted by Gasteiger charge is 2.36. The second-order valence-electron chi connectivity index (χ2n) is 11.5. The van der Waals surface area contributed by atoms with Crippen molar-refractivity contribution in [2.45, 2.75) is 12.9 Å². The summed E-state index contributed by atoms with van der Waals surface area (Å²) in [4.78, 5) is 67.7. The van der Waals surface area contributed by atoms with Gasteiger partial charge in [-0.3, -0.25) is 18.9 Å². The number of alkyl halides is 3. The van der Waals surface area contributed by atoms with Gasteiger partial charge >= 0.3 is 19.7 Å². The molecule has 5 aromatic rings. The highest BCUT2D eigenvalue weighted by molar-refractivity contribution is 7.46. The second-order valence-corrected chi connectivity index (χ2v) is 12.7. The minimum Gasteiger partial charge on any atom is -0.378 e. The summed E-state index contributed by atoms with van der Waals surface area (Å²) in [7, 11) is -5.18. The molecule has 6 heterocycles. The molecular formula is C30H29F3N9O7P. The van der Waals surface area contributed by atoms with E-state index in [9.17, 15) is 37.1 Å². The number of anilines is 2. The van der Waals surface area contributed by atoms with Crippen LogP contribution in [0.5, 0.6) is 0 Å². The second kappa shape index (κ2) is 13.2. The Morgan fingerprint density at radius 3 is 2.34 bits per heavy atom. The predicted molar refractivity (Wildman–Crippen MR) is 174 cm³/mol. The van der Waals surface area contributed by atoms with E-state index in [0.717, 1.165) is 16.8 Å². The molecule has 262 valence electrons. The van der Waals surface area contributed by atoms with Crippen LogP contribution in [0.4, 0.5) is 24.8 Å². The van der Waals surface area contributed by atoms with Crippen LogP contribution in [0, 0.1) is 0 Å². The molecule has 0 saturated carbocycles. The maximum Gasteiger partial charge on any atom is 0.471 e. The number of piperazine rings is 1. The van der Waals surface area contributed by atoms with E-state index in [1.54, 1.807) is 29.4 Å². The first-order chi connectivity index (χ1) is 23.9. The predicted octanol–water partition coefficient (Wildman–Crippen LogP) is 1.88. The molecule has 0 radical (unpaired) electrons. The molecule has 0 bridgehead atoms. The number of morpholine rings is 1. The number of hydrogen-bond donors (Lipinski definition) is 3. The van der Waals surface area contributed by atoms with Crippen molar-refractivity contribution in [1.82, 2.24) is 34.4 Å². The van der Waals surface area contributed by atoms with Crippen LogP contribution < -0.4 is 26.4 Å². The average molecular weight is 716 g/mol. The Bertz CT molecular complexity index is 2250. The minimum absolute atomic E-state index is 0.00532. The standard InChI is InChI=1S/C30H29F3N9O7P/c31-30(32,33)21-13-19(1-4-24(21)39-7-5-34-6-8-39)42-26-20(27(43)41(29(42)44)17-49-50(45,46)47)16-35-23-3-2-22(38-25(23)26)18-14-36-28(37-15-18)40-9-11-48-12-10-40/h1-4,13-16,34H,5-12,17H2,(H2,45,46,47). The van der Waals surface area contributed by atoms with E-state index in [-0.39, 0.29) is 33.3 Å². The van der Waals surface area contributed by atoms with Gasteiger partial charge in [0.15, 0.2) is 0 Å². The van der Waals surface area contributed by atoms with Gasteiger partial charge in [0, 0.05) is 69.1 Å². The van der Waals surface area contributed by atoms with Crippen LogP contribution in [0.25, 0.3) is 38.9 Å². The zero-order valence-electron chi connectivity index (χ0n) is 26.1. The van der Waals surface area contributed by atoms with Crippen LogP contribution in [0.2, 0.25) is 0 Å². The van der Waals surface area contributed by atoms with Crippen molar-refractivity contribution < 1.29 is 36.8 Å². The van der Waals surface area contributed by atoms with Gasteiger partial charge in [-0.25, -0.2) is 28.9 Å². The van der Waals surface area contributed by atoms with Crippen LogP contribution in [0.3, 0.4) is 0 Å². The van der Waals surface area contributed by atoms with E-state index >= 15 is 0 Å². The number of aromatic nitrogens is 6. The maximum atomic E-state index is 14.6. The highest BCUT2D eigenvalue weighted by Crippen LogP contribution is 2.39. The number of nitrogens with zero attached hydrogens (tertiary/aromatic N) is 8. The highest BCUT2D eigenvalue weighted by atomic mass is 31.2. The Hall–Kier alpha value is -4.78. The van der Waals surface area contributed by atoms with Crippen molar-refractivity contribution in [2.24, 2.45) is 0 Å². The molecule has 3 N–H and O–H groups in total. The lowest BCUT2D eigenvalue weighted by Gasteiger charge is -2.32. The molecular weight excluding hydrogens is 686 g/mol. The van der Waals surface area contributed by atoms with E-state index in [4.69, 9.17) is 4.74 Å². The zero-order chi connectivity index (χ0) is 35.2. The average Bonchev–Trinajstić information content (AvgIpc) is 3.11. The summed E-state index contributed by atoms with van der Waals surface area (Å²) in [5, 5.41) is 2.83. The molecule has 50 heavy (non-hydrogen) atoms. The smallest absolute Gasteiger partial charge is 0.378 e. The Balaban J connectivity index is 1.45. The van der Waals surface area contributed by atoms with Gasteiger partial charge < -0.3 is 29.6 Å². The van der Waals surface area contributed by atoms with Crippen LogP contribution in [0.1, 0.15) is 5.56 Å². The molecule has 4 aromatic heterocycles. The molecule has 0 unspecified atom stereocenters. The normalized spacial score (nSPS) is 16.0. The fourth-order valence-corrected chi connectivity index (χ4v) is 6.25. The number of fused-ring (bicyclic) bond motifs is 3. The Labute approximate surface area is 280 Å². The largest absolute Gasteiger partial charge is 0.471 e. The van der Waals surface area contributed by atoms with Gasteiger partial charge in [-0.1, -0.05) is 0 Å². The first-order valence-corrected chi connectivity index (χ1v) is 16.9. The number of phosphoric ester groups is 1. The van der Waals surface area contributed by atoms with Gasteiger partial charge in [0.2, 0.25) is 5.95 Å². The van der Waals surface area contributed by atoms with Gasteiger partial charge in [0.1, 0.15) is 12.2 Å². The quantitative estimate of drug-likeness (QED) is 0.164. The number of halogens is 3. The monoisotopic (exact) mass is 715 g/mol. The molecule has 7 rings (SSSR count). The number of pyridine rings is 2. The Morgan fingerprint density at radius 2 is 1.66 bits per heavy atom. The fourth-order valence-electron chi connectivity index (χ4n) is 5.98. The number of hydrogen-bond acceptors (Lipinski definition) is 12. The number of ether oxygens (including phenoxy) is 1. The van der Waals surface area contributed by atoms with Crippen molar-refractivity contribution in [3.8, 4) is 16.9 Å².